The number of thiophene rings is 3. The van der Waals surface area contributed by atoms with Crippen LogP contribution in [0.15, 0.2) is 155 Å². The SMILES string of the molecule is CCN1C(=O)C(=C=CC2=Cc3sc4c(c3C2(C(=O)OCc2ccccc2)C(=O)OCc2ccccc2)C(C(=O)OCc2ccccc2)(C(=O)OCc2ccccc2)c2c-4sc3cc(N=C4SC(=S)N(CC)C4=O)sc23)SC1=S. The Morgan fingerprint density at radius 2 is 1.03 bits per heavy atom. The Labute approximate surface area is 478 Å². The van der Waals surface area contributed by atoms with Gasteiger partial charge in [0.15, 0.2) is 5.04 Å². The monoisotopic (exact) mass is 1160 g/mol. The molecule has 0 atom stereocenters. The zero-order valence-corrected chi connectivity index (χ0v) is 47.0. The van der Waals surface area contributed by atoms with E-state index in [0.29, 0.717) is 73.0 Å². The average Bonchev–Trinajstić information content (AvgIpc) is 2.99. The third-order valence-electron chi connectivity index (χ3n) is 13.3. The molecule has 0 bridgehead atoms. The van der Waals surface area contributed by atoms with Crippen molar-refractivity contribution in [3.05, 3.63) is 194 Å². The van der Waals surface area contributed by atoms with Gasteiger partial charge in [-0.2, -0.15) is 0 Å². The molecule has 11 rings (SSSR count). The van der Waals surface area contributed by atoms with E-state index in [2.05, 4.69) is 5.73 Å². The van der Waals surface area contributed by atoms with Crippen LogP contribution >= 0.6 is 82.0 Å². The number of likely N-dealkylation sites (N-methyl/N-ethyl adjacent to an activating group) is 1. The number of amides is 2. The van der Waals surface area contributed by atoms with Gasteiger partial charge in [0.2, 0.25) is 10.8 Å². The van der Waals surface area contributed by atoms with E-state index in [1.165, 1.54) is 27.2 Å². The molecule has 20 heteroatoms. The van der Waals surface area contributed by atoms with Crippen LogP contribution in [0.5, 0.6) is 0 Å². The van der Waals surface area contributed by atoms with Gasteiger partial charge < -0.3 is 18.9 Å². The summed E-state index contributed by atoms with van der Waals surface area (Å²) in [6.07, 6.45) is 2.98. The van der Waals surface area contributed by atoms with Crippen molar-refractivity contribution >= 4 is 152 Å². The Balaban J connectivity index is 1.18. The number of hydrogen-bond acceptors (Lipinski definition) is 18. The number of hydrogen-bond donors (Lipinski definition) is 0. The zero-order valence-electron chi connectivity index (χ0n) is 41.3. The second-order valence-corrected chi connectivity index (χ2v) is 24.2. The molecule has 13 nitrogen and oxygen atoms in total. The molecule has 2 aliphatic heterocycles. The summed E-state index contributed by atoms with van der Waals surface area (Å²) in [4.78, 5) is 100. The number of rotatable bonds is 16. The van der Waals surface area contributed by atoms with Gasteiger partial charge in [0.05, 0.1) is 14.5 Å². The van der Waals surface area contributed by atoms with Crippen molar-refractivity contribution in [2.45, 2.75) is 51.1 Å². The van der Waals surface area contributed by atoms with Crippen LogP contribution in [0.4, 0.5) is 5.00 Å². The molecule has 2 aliphatic carbocycles. The van der Waals surface area contributed by atoms with Crippen molar-refractivity contribution < 1.29 is 47.7 Å². The van der Waals surface area contributed by atoms with E-state index < -0.39 is 40.6 Å². The largest absolute Gasteiger partial charge is 0.459 e. The van der Waals surface area contributed by atoms with Crippen molar-refractivity contribution in [3.8, 4) is 9.75 Å². The van der Waals surface area contributed by atoms with Crippen molar-refractivity contribution in [2.75, 3.05) is 13.1 Å². The van der Waals surface area contributed by atoms with Crippen molar-refractivity contribution in [1.29, 1.82) is 0 Å². The summed E-state index contributed by atoms with van der Waals surface area (Å²) in [6.45, 7) is 3.12. The molecule has 0 N–H and O–H groups in total. The minimum absolute atomic E-state index is 0.0129. The number of fused-ring (bicyclic) bond motifs is 7. The second-order valence-electron chi connectivity index (χ2n) is 17.8. The molecule has 2 amide bonds. The Bertz CT molecular complexity index is 3670. The average molecular weight is 1160 g/mol. The lowest BCUT2D eigenvalue weighted by atomic mass is 9.69. The third-order valence-corrected chi connectivity index (χ3v) is 19.6. The molecule has 0 spiro atoms. The molecule has 7 aromatic rings. The number of carbonyl (C=O) groups excluding carboxylic acids is 6. The molecule has 0 saturated carbocycles. The highest BCUT2D eigenvalue weighted by molar-refractivity contribution is 8.35. The minimum Gasteiger partial charge on any atom is -0.459 e. The topological polar surface area (TPSA) is 158 Å². The fraction of sp³-hybridized carbons (Fsp3) is 0.172. The second kappa shape index (κ2) is 22.0. The lowest BCUT2D eigenvalue weighted by molar-refractivity contribution is -0.167. The number of ether oxygens (including phenoxy) is 4. The fourth-order valence-electron chi connectivity index (χ4n) is 9.60. The highest BCUT2D eigenvalue weighted by Crippen LogP contribution is 2.66. The van der Waals surface area contributed by atoms with Crippen LogP contribution in [-0.2, 0) is 85.0 Å². The van der Waals surface area contributed by atoms with Crippen LogP contribution in [0.25, 0.3) is 25.2 Å². The van der Waals surface area contributed by atoms with Crippen molar-refractivity contribution in [3.63, 3.8) is 0 Å². The molecule has 5 heterocycles. The smallest absolute Gasteiger partial charge is 0.333 e. The highest BCUT2D eigenvalue weighted by atomic mass is 32.2. The van der Waals surface area contributed by atoms with Crippen LogP contribution in [0, 0.1) is 0 Å². The summed E-state index contributed by atoms with van der Waals surface area (Å²) in [5.41, 5.74) is 0.444. The first-order valence-corrected chi connectivity index (χ1v) is 29.2. The predicted molar refractivity (Wildman–Crippen MR) is 312 cm³/mol. The first kappa shape index (κ1) is 52.9. The van der Waals surface area contributed by atoms with Gasteiger partial charge >= 0.3 is 23.9 Å². The first-order chi connectivity index (χ1) is 37.9. The molecule has 0 unspecified atom stereocenters. The molecule has 2 fully saturated rings. The summed E-state index contributed by atoms with van der Waals surface area (Å²) < 4.78 is 27.0. The number of esters is 4. The maximum atomic E-state index is 16.1. The molecule has 3 aromatic heterocycles. The molecule has 390 valence electrons. The fourth-order valence-corrected chi connectivity index (χ4v) is 16.3. The molecular formula is C58H41N3O10S7. The number of thioether (sulfide) groups is 2. The predicted octanol–water partition coefficient (Wildman–Crippen LogP) is 11.7. The summed E-state index contributed by atoms with van der Waals surface area (Å²) in [7, 11) is 0. The first-order valence-electron chi connectivity index (χ1n) is 24.3. The summed E-state index contributed by atoms with van der Waals surface area (Å²) in [5, 5.41) is 0.558. The van der Waals surface area contributed by atoms with E-state index >= 15 is 19.2 Å². The normalized spacial score (nSPS) is 16.3. The Kier molecular flexibility index (Phi) is 14.9. The standard InChI is InChI=1S/C58H41N3O10S7/c1-3-60-49(62)38(76-55(60)72)26-25-37-27-39-42(57(37,51(64)68-29-33-17-9-5-10-18-33)52(65)69-30-34-19-11-6-12-20-34)43-46(74-39)47-44(45-40(75-47)28-41(77-45)59-48-50(63)61(4-2)56(73)78-48)58(43,53(66)70-31-35-21-13-7-14-22-35)54(67)71-32-36-23-15-8-16-24-36/h5-25,27-28H,3-4,29-32H2,1-2H3. The van der Waals surface area contributed by atoms with Gasteiger partial charge in [-0.25, -0.2) is 4.99 Å². The van der Waals surface area contributed by atoms with E-state index in [1.807, 2.05) is 31.2 Å². The molecule has 4 aliphatic rings. The van der Waals surface area contributed by atoms with Gasteiger partial charge in [0.25, 0.3) is 11.8 Å². The van der Waals surface area contributed by atoms with Crippen molar-refractivity contribution in [2.24, 2.45) is 4.99 Å². The van der Waals surface area contributed by atoms with Gasteiger partial charge in [-0.05, 0) is 83.4 Å². The molecule has 2 saturated heterocycles. The van der Waals surface area contributed by atoms with Crippen LogP contribution in [0.2, 0.25) is 0 Å². The van der Waals surface area contributed by atoms with Crippen LogP contribution < -0.4 is 0 Å². The lowest BCUT2D eigenvalue weighted by Crippen LogP contribution is -2.51. The molecule has 0 radical (unpaired) electrons. The van der Waals surface area contributed by atoms with Gasteiger partial charge in [0, 0.05) is 39.4 Å². The number of thiocarbonyl (C=S) groups is 2. The summed E-state index contributed by atoms with van der Waals surface area (Å²) >= 11 is 16.7. The third kappa shape index (κ3) is 9.18. The van der Waals surface area contributed by atoms with E-state index in [1.54, 1.807) is 116 Å². The van der Waals surface area contributed by atoms with Gasteiger partial charge in [-0.1, -0.05) is 151 Å². The number of carbonyl (C=O) groups is 6. The maximum absolute atomic E-state index is 16.1. The quantitative estimate of drug-likeness (QED) is 0.0225. The Morgan fingerprint density at radius 1 is 0.577 bits per heavy atom. The summed E-state index contributed by atoms with van der Waals surface area (Å²) in [6, 6.07) is 37.5. The number of aliphatic imine (C=N–C) groups is 1. The maximum Gasteiger partial charge on any atom is 0.333 e. The lowest BCUT2D eigenvalue weighted by Gasteiger charge is -2.33. The van der Waals surface area contributed by atoms with E-state index in [9.17, 15) is 9.59 Å². The van der Waals surface area contributed by atoms with Crippen LogP contribution in [0.3, 0.4) is 0 Å². The van der Waals surface area contributed by atoms with Gasteiger partial charge in [0.1, 0.15) is 45.0 Å². The number of nitrogens with zero attached hydrogens (tertiary/aromatic N) is 3. The van der Waals surface area contributed by atoms with Crippen LogP contribution in [0.1, 0.15) is 57.7 Å². The Morgan fingerprint density at radius 3 is 1.49 bits per heavy atom. The highest BCUT2D eigenvalue weighted by Gasteiger charge is 2.68. The molecule has 78 heavy (non-hydrogen) atoms. The molecular weight excluding hydrogens is 1120 g/mol. The van der Waals surface area contributed by atoms with Gasteiger partial charge in [-0.15, -0.1) is 34.0 Å². The van der Waals surface area contributed by atoms with Crippen molar-refractivity contribution in [1.82, 2.24) is 9.80 Å². The van der Waals surface area contributed by atoms with E-state index in [0.717, 1.165) is 46.2 Å². The van der Waals surface area contributed by atoms with Crippen LogP contribution in [-0.4, -0.2) is 72.3 Å². The zero-order chi connectivity index (χ0) is 54.3. The summed E-state index contributed by atoms with van der Waals surface area (Å²) in [5.74, 6) is -5.05. The van der Waals surface area contributed by atoms with E-state index in [-0.39, 0.29) is 64.5 Å². The van der Waals surface area contributed by atoms with E-state index in [4.69, 9.17) is 48.4 Å². The number of benzene rings is 4. The van der Waals surface area contributed by atoms with Gasteiger partial charge in [-0.3, -0.25) is 38.6 Å². The minimum atomic E-state index is -2.60. The molecule has 4 aromatic carbocycles. The Hall–Kier alpha value is -7.13.